The number of rotatable bonds is 6. The number of piperazine rings is 1. The molecule has 1 aliphatic rings. The van der Waals surface area contributed by atoms with Gasteiger partial charge in [-0.25, -0.2) is 0 Å². The van der Waals surface area contributed by atoms with E-state index in [1.165, 1.54) is 5.56 Å². The minimum atomic E-state index is 0.0527. The Morgan fingerprint density at radius 3 is 2.43 bits per heavy atom. The molecule has 1 aromatic rings. The molecule has 0 aliphatic carbocycles. The Kier molecular flexibility index (Phi) is 6.17. The first-order valence-electron chi connectivity index (χ1n) is 7.65. The van der Waals surface area contributed by atoms with E-state index in [-0.39, 0.29) is 11.9 Å². The fourth-order valence-electron chi connectivity index (χ4n) is 2.53. The molecular weight excluding hydrogens is 264 g/mol. The van der Waals surface area contributed by atoms with Crippen molar-refractivity contribution in [2.75, 3.05) is 39.3 Å². The van der Waals surface area contributed by atoms with Crippen molar-refractivity contribution in [3.63, 3.8) is 0 Å². The molecule has 5 heteroatoms. The van der Waals surface area contributed by atoms with Crippen LogP contribution in [0.25, 0.3) is 0 Å². The summed E-state index contributed by atoms with van der Waals surface area (Å²) >= 11 is 0. The molecule has 0 saturated carbocycles. The molecule has 2 rings (SSSR count). The van der Waals surface area contributed by atoms with Gasteiger partial charge in [0.1, 0.15) is 0 Å². The Morgan fingerprint density at radius 2 is 1.81 bits per heavy atom. The molecule has 1 atom stereocenters. The number of nitrogens with two attached hydrogens (primary N) is 1. The maximum atomic E-state index is 11.8. The fourth-order valence-corrected chi connectivity index (χ4v) is 2.53. The van der Waals surface area contributed by atoms with E-state index in [4.69, 9.17) is 5.73 Å². The fraction of sp³-hybridized carbons (Fsp3) is 0.562. The van der Waals surface area contributed by atoms with E-state index in [1.54, 1.807) is 0 Å². The van der Waals surface area contributed by atoms with Gasteiger partial charge < -0.3 is 11.1 Å². The van der Waals surface area contributed by atoms with Gasteiger partial charge in [-0.3, -0.25) is 14.6 Å². The van der Waals surface area contributed by atoms with E-state index in [9.17, 15) is 4.79 Å². The van der Waals surface area contributed by atoms with Crippen molar-refractivity contribution in [2.45, 2.75) is 19.5 Å². The summed E-state index contributed by atoms with van der Waals surface area (Å²) in [4.78, 5) is 16.5. The summed E-state index contributed by atoms with van der Waals surface area (Å²) in [5, 5.41) is 2.91. The lowest BCUT2D eigenvalue weighted by molar-refractivity contribution is -0.123. The lowest BCUT2D eigenvalue weighted by Crippen LogP contribution is -2.50. The van der Waals surface area contributed by atoms with Crippen LogP contribution in [0.4, 0.5) is 0 Å². The lowest BCUT2D eigenvalue weighted by Gasteiger charge is -2.34. The molecule has 0 spiro atoms. The molecular formula is C16H26N4O. The van der Waals surface area contributed by atoms with Gasteiger partial charge in [-0.1, -0.05) is 30.3 Å². The third kappa shape index (κ3) is 5.46. The van der Waals surface area contributed by atoms with E-state index in [0.29, 0.717) is 13.1 Å². The molecule has 0 unspecified atom stereocenters. The highest BCUT2D eigenvalue weighted by Gasteiger charge is 2.19. The van der Waals surface area contributed by atoms with E-state index in [1.807, 2.05) is 13.0 Å². The number of hydrogen-bond acceptors (Lipinski definition) is 4. The van der Waals surface area contributed by atoms with Crippen LogP contribution in [-0.2, 0) is 11.3 Å². The summed E-state index contributed by atoms with van der Waals surface area (Å²) in [5.41, 5.74) is 6.86. The highest BCUT2D eigenvalue weighted by Crippen LogP contribution is 2.08. The van der Waals surface area contributed by atoms with E-state index in [0.717, 1.165) is 32.7 Å². The van der Waals surface area contributed by atoms with Gasteiger partial charge in [-0.2, -0.15) is 0 Å². The predicted molar refractivity (Wildman–Crippen MR) is 84.8 cm³/mol. The van der Waals surface area contributed by atoms with Crippen molar-refractivity contribution >= 4 is 5.91 Å². The maximum Gasteiger partial charge on any atom is 0.234 e. The monoisotopic (exact) mass is 290 g/mol. The SMILES string of the molecule is C[C@@H](CN)NC(=O)CN1CCN(Cc2ccccc2)CC1. The number of nitrogens with zero attached hydrogens (tertiary/aromatic N) is 2. The zero-order valence-corrected chi connectivity index (χ0v) is 12.8. The molecule has 0 bridgehead atoms. The van der Waals surface area contributed by atoms with E-state index < -0.39 is 0 Å². The average molecular weight is 290 g/mol. The minimum absolute atomic E-state index is 0.0527. The lowest BCUT2D eigenvalue weighted by atomic mass is 10.2. The Hall–Kier alpha value is -1.43. The van der Waals surface area contributed by atoms with Crippen LogP contribution >= 0.6 is 0 Å². The molecule has 21 heavy (non-hydrogen) atoms. The van der Waals surface area contributed by atoms with Gasteiger partial charge in [0.15, 0.2) is 0 Å². The molecule has 0 radical (unpaired) electrons. The Labute approximate surface area is 127 Å². The molecule has 1 heterocycles. The second-order valence-electron chi connectivity index (χ2n) is 5.74. The molecule has 1 aromatic carbocycles. The first kappa shape index (κ1) is 15.9. The molecule has 3 N–H and O–H groups in total. The number of hydrogen-bond donors (Lipinski definition) is 2. The largest absolute Gasteiger partial charge is 0.351 e. The van der Waals surface area contributed by atoms with Crippen LogP contribution in [0.15, 0.2) is 30.3 Å². The number of nitrogens with one attached hydrogen (secondary N) is 1. The van der Waals surface area contributed by atoms with Gasteiger partial charge in [0.25, 0.3) is 0 Å². The first-order chi connectivity index (χ1) is 10.2. The standard InChI is InChI=1S/C16H26N4O/c1-14(11-17)18-16(21)13-20-9-7-19(8-10-20)12-15-5-3-2-4-6-15/h2-6,14H,7-13,17H2,1H3,(H,18,21)/t14-/m0/s1. The summed E-state index contributed by atoms with van der Waals surface area (Å²) < 4.78 is 0. The molecule has 116 valence electrons. The maximum absolute atomic E-state index is 11.8. The van der Waals surface area contributed by atoms with Crippen molar-refractivity contribution in [1.82, 2.24) is 15.1 Å². The zero-order valence-electron chi connectivity index (χ0n) is 12.8. The number of carbonyl (C=O) groups is 1. The third-order valence-corrected chi connectivity index (χ3v) is 3.84. The molecule has 0 aromatic heterocycles. The van der Waals surface area contributed by atoms with Crippen molar-refractivity contribution in [3.8, 4) is 0 Å². The summed E-state index contributed by atoms with van der Waals surface area (Å²) in [6.07, 6.45) is 0. The van der Waals surface area contributed by atoms with Crippen molar-refractivity contribution in [3.05, 3.63) is 35.9 Å². The second-order valence-corrected chi connectivity index (χ2v) is 5.74. The molecule has 1 fully saturated rings. The average Bonchev–Trinajstić information content (AvgIpc) is 2.50. The highest BCUT2D eigenvalue weighted by atomic mass is 16.2. The second kappa shape index (κ2) is 8.12. The molecule has 1 amide bonds. The summed E-state index contributed by atoms with van der Waals surface area (Å²) in [7, 11) is 0. The third-order valence-electron chi connectivity index (χ3n) is 3.84. The zero-order chi connectivity index (χ0) is 15.1. The normalized spacial score (nSPS) is 18.4. The van der Waals surface area contributed by atoms with Crippen LogP contribution in [-0.4, -0.2) is 61.0 Å². The van der Waals surface area contributed by atoms with Crippen LogP contribution in [0, 0.1) is 0 Å². The van der Waals surface area contributed by atoms with Gasteiger partial charge in [0.2, 0.25) is 5.91 Å². The van der Waals surface area contributed by atoms with Crippen LogP contribution in [0.2, 0.25) is 0 Å². The number of benzene rings is 1. The summed E-state index contributed by atoms with van der Waals surface area (Å²) in [6, 6.07) is 10.6. The van der Waals surface area contributed by atoms with Crippen molar-refractivity contribution < 1.29 is 4.79 Å². The van der Waals surface area contributed by atoms with Crippen LogP contribution in [0.5, 0.6) is 0 Å². The molecule has 1 saturated heterocycles. The van der Waals surface area contributed by atoms with Gasteiger partial charge >= 0.3 is 0 Å². The van der Waals surface area contributed by atoms with Crippen molar-refractivity contribution in [1.29, 1.82) is 0 Å². The van der Waals surface area contributed by atoms with Gasteiger partial charge in [0.05, 0.1) is 6.54 Å². The van der Waals surface area contributed by atoms with Crippen LogP contribution in [0.1, 0.15) is 12.5 Å². The van der Waals surface area contributed by atoms with Gasteiger partial charge in [-0.15, -0.1) is 0 Å². The first-order valence-corrected chi connectivity index (χ1v) is 7.65. The van der Waals surface area contributed by atoms with Gasteiger partial charge in [-0.05, 0) is 12.5 Å². The topological polar surface area (TPSA) is 61.6 Å². The Balaban J connectivity index is 1.69. The highest BCUT2D eigenvalue weighted by molar-refractivity contribution is 5.78. The van der Waals surface area contributed by atoms with E-state index >= 15 is 0 Å². The Morgan fingerprint density at radius 1 is 1.19 bits per heavy atom. The van der Waals surface area contributed by atoms with Crippen molar-refractivity contribution in [2.24, 2.45) is 5.73 Å². The van der Waals surface area contributed by atoms with Crippen LogP contribution in [0.3, 0.4) is 0 Å². The summed E-state index contributed by atoms with van der Waals surface area (Å²) in [5.74, 6) is 0.0736. The number of amides is 1. The minimum Gasteiger partial charge on any atom is -0.351 e. The molecule has 1 aliphatic heterocycles. The Bertz CT molecular complexity index is 429. The van der Waals surface area contributed by atoms with Crippen LogP contribution < -0.4 is 11.1 Å². The van der Waals surface area contributed by atoms with E-state index in [2.05, 4.69) is 39.4 Å². The summed E-state index contributed by atoms with van der Waals surface area (Å²) in [6.45, 7) is 7.78. The smallest absolute Gasteiger partial charge is 0.234 e. The van der Waals surface area contributed by atoms with Gasteiger partial charge in [0, 0.05) is 45.3 Å². The predicted octanol–water partition coefficient (Wildman–Crippen LogP) is 0.268. The molecule has 5 nitrogen and oxygen atoms in total. The number of carbonyl (C=O) groups excluding carboxylic acids is 1. The quantitative estimate of drug-likeness (QED) is 0.789.